The Morgan fingerprint density at radius 3 is 3.00 bits per heavy atom. The van der Waals surface area contributed by atoms with Crippen molar-refractivity contribution in [1.82, 2.24) is 15.2 Å². The molecule has 5 heteroatoms. The fourth-order valence-electron chi connectivity index (χ4n) is 2.02. The highest BCUT2D eigenvalue weighted by Gasteiger charge is 2.13. The molecular weight excluding hydrogens is 228 g/mol. The summed E-state index contributed by atoms with van der Waals surface area (Å²) in [7, 11) is 0. The Morgan fingerprint density at radius 2 is 2.22 bits per heavy atom. The van der Waals surface area contributed by atoms with Gasteiger partial charge in [-0.05, 0) is 30.3 Å². The third-order valence-electron chi connectivity index (χ3n) is 2.96. The Morgan fingerprint density at radius 1 is 1.28 bits per heavy atom. The van der Waals surface area contributed by atoms with Crippen molar-refractivity contribution in [2.45, 2.75) is 12.8 Å². The molecule has 5 nitrogen and oxygen atoms in total. The van der Waals surface area contributed by atoms with Crippen LogP contribution in [0.4, 0.5) is 0 Å². The average Bonchev–Trinajstić information content (AvgIpc) is 2.87. The van der Waals surface area contributed by atoms with Crippen molar-refractivity contribution in [3.8, 4) is 17.0 Å². The van der Waals surface area contributed by atoms with Crippen molar-refractivity contribution >= 4 is 0 Å². The van der Waals surface area contributed by atoms with Gasteiger partial charge in [-0.15, -0.1) is 10.2 Å². The first-order chi connectivity index (χ1) is 8.86. The number of hydrogen-bond donors (Lipinski definition) is 1. The average molecular weight is 242 g/mol. The zero-order valence-corrected chi connectivity index (χ0v) is 9.97. The minimum Gasteiger partial charge on any atom is -0.493 e. The summed E-state index contributed by atoms with van der Waals surface area (Å²) in [6.07, 6.45) is 3.36. The predicted octanol–water partition coefficient (Wildman–Crippen LogP) is 0.975. The summed E-state index contributed by atoms with van der Waals surface area (Å²) in [6.45, 7) is 1.30. The Balaban J connectivity index is 1.90. The van der Waals surface area contributed by atoms with Crippen LogP contribution in [0.2, 0.25) is 0 Å². The lowest BCUT2D eigenvalue weighted by molar-refractivity contribution is 0.357. The zero-order valence-electron chi connectivity index (χ0n) is 9.97. The van der Waals surface area contributed by atoms with Crippen LogP contribution >= 0.6 is 0 Å². The number of ether oxygens (including phenoxy) is 1. The van der Waals surface area contributed by atoms with Crippen LogP contribution in [-0.2, 0) is 12.8 Å². The van der Waals surface area contributed by atoms with E-state index in [1.165, 1.54) is 5.56 Å². The summed E-state index contributed by atoms with van der Waals surface area (Å²) in [5.74, 6) is 1.66. The third kappa shape index (κ3) is 2.04. The maximum atomic E-state index is 5.47. The Labute approximate surface area is 105 Å². The van der Waals surface area contributed by atoms with Crippen molar-refractivity contribution < 1.29 is 4.74 Å². The van der Waals surface area contributed by atoms with Crippen LogP contribution in [0.5, 0.6) is 5.75 Å². The van der Waals surface area contributed by atoms with E-state index >= 15 is 0 Å². The third-order valence-corrected chi connectivity index (χ3v) is 2.96. The van der Waals surface area contributed by atoms with E-state index < -0.39 is 0 Å². The maximum Gasteiger partial charge on any atom is 0.152 e. The molecule has 0 bridgehead atoms. The van der Waals surface area contributed by atoms with Gasteiger partial charge in [-0.3, -0.25) is 0 Å². The molecule has 1 aromatic carbocycles. The van der Waals surface area contributed by atoms with Crippen LogP contribution in [0.25, 0.3) is 11.3 Å². The molecular formula is C13H14N4O. The summed E-state index contributed by atoms with van der Waals surface area (Å²) >= 11 is 0. The van der Waals surface area contributed by atoms with Gasteiger partial charge in [0.25, 0.3) is 0 Å². The predicted molar refractivity (Wildman–Crippen MR) is 67.2 cm³/mol. The maximum absolute atomic E-state index is 5.47. The number of hydrogen-bond acceptors (Lipinski definition) is 5. The monoisotopic (exact) mass is 242 g/mol. The molecule has 0 saturated carbocycles. The van der Waals surface area contributed by atoms with E-state index in [0.717, 1.165) is 30.0 Å². The largest absolute Gasteiger partial charge is 0.493 e. The van der Waals surface area contributed by atoms with E-state index in [1.807, 2.05) is 12.1 Å². The topological polar surface area (TPSA) is 73.9 Å². The minimum absolute atomic E-state index is 0.539. The first-order valence-electron chi connectivity index (χ1n) is 6.01. The SMILES string of the molecule is NCCc1ncc(-c2ccc3c(c2)CCO3)nn1. The standard InChI is InChI=1S/C13H14N4O/c14-5-3-13-15-8-11(16-17-13)9-1-2-12-10(7-9)4-6-18-12/h1-2,7-8H,3-6,14H2. The van der Waals surface area contributed by atoms with Gasteiger partial charge in [0.1, 0.15) is 11.4 Å². The van der Waals surface area contributed by atoms with Gasteiger partial charge in [0.2, 0.25) is 0 Å². The van der Waals surface area contributed by atoms with Crippen LogP contribution < -0.4 is 10.5 Å². The van der Waals surface area contributed by atoms with Gasteiger partial charge in [0.05, 0.1) is 12.8 Å². The molecule has 0 spiro atoms. The lowest BCUT2D eigenvalue weighted by Gasteiger charge is -2.03. The van der Waals surface area contributed by atoms with Crippen LogP contribution in [-0.4, -0.2) is 28.3 Å². The van der Waals surface area contributed by atoms with Gasteiger partial charge >= 0.3 is 0 Å². The quantitative estimate of drug-likeness (QED) is 0.868. The highest BCUT2D eigenvalue weighted by Crippen LogP contribution is 2.29. The molecule has 18 heavy (non-hydrogen) atoms. The summed E-state index contributed by atoms with van der Waals surface area (Å²) in [4.78, 5) is 4.25. The number of aromatic nitrogens is 3. The molecule has 0 fully saturated rings. The molecule has 92 valence electrons. The number of nitrogens with zero attached hydrogens (tertiary/aromatic N) is 3. The first-order valence-corrected chi connectivity index (χ1v) is 6.01. The lowest BCUT2D eigenvalue weighted by atomic mass is 10.1. The van der Waals surface area contributed by atoms with Crippen molar-refractivity contribution in [3.05, 3.63) is 35.8 Å². The fourth-order valence-corrected chi connectivity index (χ4v) is 2.02. The molecule has 0 atom stereocenters. The van der Waals surface area contributed by atoms with E-state index in [2.05, 4.69) is 21.2 Å². The van der Waals surface area contributed by atoms with E-state index in [4.69, 9.17) is 10.5 Å². The normalized spacial score (nSPS) is 13.2. The fraction of sp³-hybridized carbons (Fsp3) is 0.308. The molecule has 0 aliphatic carbocycles. The Bertz CT molecular complexity index is 553. The first kappa shape index (κ1) is 11.1. The van der Waals surface area contributed by atoms with Gasteiger partial charge in [-0.2, -0.15) is 0 Å². The molecule has 2 N–H and O–H groups in total. The van der Waals surface area contributed by atoms with Crippen LogP contribution in [0.1, 0.15) is 11.4 Å². The zero-order chi connectivity index (χ0) is 12.4. The number of fused-ring (bicyclic) bond motifs is 1. The Kier molecular flexibility index (Phi) is 2.90. The molecule has 3 rings (SSSR count). The van der Waals surface area contributed by atoms with Gasteiger partial charge in [-0.25, -0.2) is 4.98 Å². The van der Waals surface area contributed by atoms with Crippen molar-refractivity contribution in [1.29, 1.82) is 0 Å². The highest BCUT2D eigenvalue weighted by molar-refractivity contribution is 5.61. The molecule has 1 aliphatic heterocycles. The molecule has 0 amide bonds. The van der Waals surface area contributed by atoms with Crippen molar-refractivity contribution in [2.75, 3.05) is 13.2 Å². The van der Waals surface area contributed by atoms with E-state index in [0.29, 0.717) is 18.8 Å². The molecule has 1 aromatic heterocycles. The molecule has 0 saturated heterocycles. The van der Waals surface area contributed by atoms with E-state index in [9.17, 15) is 0 Å². The molecule has 0 unspecified atom stereocenters. The number of rotatable bonds is 3. The van der Waals surface area contributed by atoms with E-state index in [1.54, 1.807) is 6.20 Å². The lowest BCUT2D eigenvalue weighted by Crippen LogP contribution is -2.07. The molecule has 0 radical (unpaired) electrons. The van der Waals surface area contributed by atoms with Gasteiger partial charge < -0.3 is 10.5 Å². The Hall–Kier alpha value is -2.01. The van der Waals surface area contributed by atoms with Crippen LogP contribution in [0, 0.1) is 0 Å². The number of benzene rings is 1. The second-order valence-corrected chi connectivity index (χ2v) is 4.22. The van der Waals surface area contributed by atoms with Crippen LogP contribution in [0.15, 0.2) is 24.4 Å². The summed E-state index contributed by atoms with van der Waals surface area (Å²) in [6, 6.07) is 6.06. The minimum atomic E-state index is 0.539. The van der Waals surface area contributed by atoms with Crippen molar-refractivity contribution in [2.24, 2.45) is 5.73 Å². The summed E-state index contributed by atoms with van der Waals surface area (Å²) in [5, 5.41) is 8.25. The van der Waals surface area contributed by atoms with E-state index in [-0.39, 0.29) is 0 Å². The van der Waals surface area contributed by atoms with Gasteiger partial charge in [0, 0.05) is 18.4 Å². The number of nitrogens with two attached hydrogens (primary N) is 1. The molecule has 2 heterocycles. The van der Waals surface area contributed by atoms with Crippen molar-refractivity contribution in [3.63, 3.8) is 0 Å². The second kappa shape index (κ2) is 4.70. The molecule has 2 aromatic rings. The smallest absolute Gasteiger partial charge is 0.152 e. The second-order valence-electron chi connectivity index (χ2n) is 4.22. The van der Waals surface area contributed by atoms with Crippen LogP contribution in [0.3, 0.4) is 0 Å². The summed E-state index contributed by atoms with van der Waals surface area (Å²) < 4.78 is 5.47. The highest BCUT2D eigenvalue weighted by atomic mass is 16.5. The molecule has 1 aliphatic rings. The van der Waals surface area contributed by atoms with Gasteiger partial charge in [0.15, 0.2) is 5.82 Å². The summed E-state index contributed by atoms with van der Waals surface area (Å²) in [5.41, 5.74) is 8.48. The van der Waals surface area contributed by atoms with Gasteiger partial charge in [-0.1, -0.05) is 0 Å².